The molecule has 0 aromatic carbocycles. The fourth-order valence-corrected chi connectivity index (χ4v) is 0.930. The summed E-state index contributed by atoms with van der Waals surface area (Å²) in [6.45, 7) is 3.56. The van der Waals surface area contributed by atoms with Crippen LogP contribution in [-0.4, -0.2) is 46.1 Å². The maximum Gasteiger partial charge on any atom is 0.336 e. The van der Waals surface area contributed by atoms with Crippen LogP contribution in [0, 0.1) is 0 Å². The average molecular weight is 205 g/mol. The molecule has 0 aliphatic carbocycles. The smallest absolute Gasteiger partial charge is 0.336 e. The molecule has 2 atom stereocenters. The first kappa shape index (κ1) is 13.4. The van der Waals surface area contributed by atoms with Crippen LogP contribution in [-0.2, 0) is 4.79 Å². The number of nitrogens with one attached hydrogen (secondary N) is 1. The maximum absolute atomic E-state index is 10.5. The summed E-state index contributed by atoms with van der Waals surface area (Å²) in [6.07, 6.45) is 1.09. The highest BCUT2D eigenvalue weighted by Gasteiger charge is 2.28. The van der Waals surface area contributed by atoms with Gasteiger partial charge >= 0.3 is 5.97 Å². The third-order valence-electron chi connectivity index (χ3n) is 1.91. The molecule has 84 valence electrons. The highest BCUT2D eigenvalue weighted by Crippen LogP contribution is 2.01. The number of carboxylic acids is 1. The quantitative estimate of drug-likeness (QED) is 0.424. The molecule has 0 radical (unpaired) electrons. The summed E-state index contributed by atoms with van der Waals surface area (Å²) in [6, 6.07) is 0. The molecule has 0 saturated carbocycles. The second-order valence-corrected chi connectivity index (χ2v) is 3.75. The van der Waals surface area contributed by atoms with Crippen LogP contribution in [0.4, 0.5) is 0 Å². The number of hydrogen-bond donors (Lipinski definition) is 4. The number of hydrogen-bond acceptors (Lipinski definition) is 4. The predicted molar refractivity (Wildman–Crippen MR) is 52.0 cm³/mol. The van der Waals surface area contributed by atoms with Crippen LogP contribution in [0.3, 0.4) is 0 Å². The Balaban J connectivity index is 3.49. The molecule has 5 heteroatoms. The number of aliphatic carboxylic acids is 1. The van der Waals surface area contributed by atoms with Crippen LogP contribution >= 0.6 is 0 Å². The molecule has 5 nitrogen and oxygen atoms in total. The Morgan fingerprint density at radius 2 is 2.14 bits per heavy atom. The maximum atomic E-state index is 10.5. The second-order valence-electron chi connectivity index (χ2n) is 3.75. The van der Waals surface area contributed by atoms with Gasteiger partial charge in [-0.05, 0) is 33.2 Å². The zero-order chi connectivity index (χ0) is 11.2. The van der Waals surface area contributed by atoms with Gasteiger partial charge in [0.15, 0.2) is 5.60 Å². The number of aliphatic hydroxyl groups is 2. The molecule has 0 aliphatic rings. The molecule has 2 unspecified atom stereocenters. The summed E-state index contributed by atoms with van der Waals surface area (Å²) in [5, 5.41) is 29.6. The van der Waals surface area contributed by atoms with E-state index >= 15 is 0 Å². The first-order chi connectivity index (χ1) is 6.36. The molecule has 0 aromatic heterocycles. The standard InChI is InChI=1S/C9H19NO4/c1-7(11)4-3-5-10-6-9(2,14)8(12)13/h7,10-11,14H,3-6H2,1-2H3,(H,12,13). The summed E-state index contributed by atoms with van der Waals surface area (Å²) in [4.78, 5) is 10.5. The fraction of sp³-hybridized carbons (Fsp3) is 0.889. The lowest BCUT2D eigenvalue weighted by Gasteiger charge is -2.18. The van der Waals surface area contributed by atoms with E-state index < -0.39 is 11.6 Å². The molecular formula is C9H19NO4. The number of aliphatic hydroxyl groups excluding tert-OH is 1. The van der Waals surface area contributed by atoms with E-state index in [-0.39, 0.29) is 12.6 Å². The van der Waals surface area contributed by atoms with Gasteiger partial charge in [-0.1, -0.05) is 0 Å². The predicted octanol–water partition coefficient (Wildman–Crippen LogP) is -0.427. The summed E-state index contributed by atoms with van der Waals surface area (Å²) in [5.74, 6) is -1.24. The lowest BCUT2D eigenvalue weighted by molar-refractivity contribution is -0.156. The van der Waals surface area contributed by atoms with E-state index in [9.17, 15) is 9.90 Å². The first-order valence-corrected chi connectivity index (χ1v) is 4.71. The molecule has 0 heterocycles. The molecule has 0 amide bonds. The van der Waals surface area contributed by atoms with Crippen LogP contribution in [0.2, 0.25) is 0 Å². The van der Waals surface area contributed by atoms with Crippen molar-refractivity contribution in [2.75, 3.05) is 13.1 Å². The third-order valence-corrected chi connectivity index (χ3v) is 1.91. The van der Waals surface area contributed by atoms with Crippen LogP contribution in [0.5, 0.6) is 0 Å². The van der Waals surface area contributed by atoms with E-state index in [2.05, 4.69) is 5.32 Å². The van der Waals surface area contributed by atoms with Gasteiger partial charge in [-0.25, -0.2) is 4.79 Å². The van der Waals surface area contributed by atoms with Crippen molar-refractivity contribution in [1.29, 1.82) is 0 Å². The Morgan fingerprint density at radius 3 is 2.57 bits per heavy atom. The Hall–Kier alpha value is -0.650. The van der Waals surface area contributed by atoms with Crippen molar-refractivity contribution in [1.82, 2.24) is 5.32 Å². The van der Waals surface area contributed by atoms with Gasteiger partial charge < -0.3 is 20.6 Å². The van der Waals surface area contributed by atoms with Crippen molar-refractivity contribution < 1.29 is 20.1 Å². The molecular weight excluding hydrogens is 186 g/mol. The summed E-state index contributed by atoms with van der Waals surface area (Å²) in [5.41, 5.74) is -1.72. The molecule has 14 heavy (non-hydrogen) atoms. The van der Waals surface area contributed by atoms with E-state index in [1.54, 1.807) is 6.92 Å². The van der Waals surface area contributed by atoms with Gasteiger partial charge in [0, 0.05) is 6.54 Å². The highest BCUT2D eigenvalue weighted by atomic mass is 16.4. The van der Waals surface area contributed by atoms with Gasteiger partial charge in [0.1, 0.15) is 0 Å². The Bertz CT molecular complexity index is 180. The van der Waals surface area contributed by atoms with Crippen molar-refractivity contribution in [3.8, 4) is 0 Å². The minimum absolute atomic E-state index is 0.0160. The van der Waals surface area contributed by atoms with Gasteiger partial charge in [0.05, 0.1) is 6.10 Å². The number of carbonyl (C=O) groups is 1. The molecule has 0 fully saturated rings. The van der Waals surface area contributed by atoms with Crippen LogP contribution < -0.4 is 5.32 Å². The first-order valence-electron chi connectivity index (χ1n) is 4.71. The van der Waals surface area contributed by atoms with E-state index in [0.717, 1.165) is 6.42 Å². The minimum Gasteiger partial charge on any atom is -0.479 e. The van der Waals surface area contributed by atoms with E-state index in [1.165, 1.54) is 6.92 Å². The van der Waals surface area contributed by atoms with Crippen molar-refractivity contribution in [3.05, 3.63) is 0 Å². The monoisotopic (exact) mass is 205 g/mol. The van der Waals surface area contributed by atoms with Gasteiger partial charge in [-0.15, -0.1) is 0 Å². The highest BCUT2D eigenvalue weighted by molar-refractivity contribution is 5.76. The molecule has 0 saturated heterocycles. The molecule has 0 rings (SSSR count). The summed E-state index contributed by atoms with van der Waals surface area (Å²) < 4.78 is 0. The van der Waals surface area contributed by atoms with Gasteiger partial charge in [0.2, 0.25) is 0 Å². The summed E-state index contributed by atoms with van der Waals surface area (Å²) in [7, 11) is 0. The SMILES string of the molecule is CC(O)CCCNCC(C)(O)C(=O)O. The normalized spacial score (nSPS) is 17.4. The number of rotatable bonds is 7. The lowest BCUT2D eigenvalue weighted by Crippen LogP contribution is -2.45. The van der Waals surface area contributed by atoms with Gasteiger partial charge in [-0.2, -0.15) is 0 Å². The van der Waals surface area contributed by atoms with Crippen LogP contribution in [0.15, 0.2) is 0 Å². The van der Waals surface area contributed by atoms with Crippen molar-refractivity contribution in [3.63, 3.8) is 0 Å². The van der Waals surface area contributed by atoms with Crippen LogP contribution in [0.25, 0.3) is 0 Å². The lowest BCUT2D eigenvalue weighted by atomic mass is 10.1. The minimum atomic E-state index is -1.72. The average Bonchev–Trinajstić information content (AvgIpc) is 2.02. The molecule has 0 bridgehead atoms. The van der Waals surface area contributed by atoms with Gasteiger partial charge in [-0.3, -0.25) is 0 Å². The van der Waals surface area contributed by atoms with E-state index in [4.69, 9.17) is 10.2 Å². The molecule has 0 spiro atoms. The number of carboxylic acid groups (broad SMARTS) is 1. The van der Waals surface area contributed by atoms with Crippen LogP contribution in [0.1, 0.15) is 26.7 Å². The second kappa shape index (κ2) is 5.95. The van der Waals surface area contributed by atoms with Crippen molar-refractivity contribution in [2.24, 2.45) is 0 Å². The topological polar surface area (TPSA) is 89.8 Å². The zero-order valence-electron chi connectivity index (χ0n) is 8.66. The largest absolute Gasteiger partial charge is 0.479 e. The molecule has 4 N–H and O–H groups in total. The Morgan fingerprint density at radius 1 is 1.57 bits per heavy atom. The third kappa shape index (κ3) is 5.90. The Kier molecular flexibility index (Phi) is 5.68. The van der Waals surface area contributed by atoms with Gasteiger partial charge in [0.25, 0.3) is 0 Å². The van der Waals surface area contributed by atoms with Crippen molar-refractivity contribution in [2.45, 2.75) is 38.4 Å². The zero-order valence-corrected chi connectivity index (χ0v) is 8.66. The summed E-state index contributed by atoms with van der Waals surface area (Å²) >= 11 is 0. The van der Waals surface area contributed by atoms with E-state index in [0.29, 0.717) is 13.0 Å². The fourth-order valence-electron chi connectivity index (χ4n) is 0.930. The van der Waals surface area contributed by atoms with E-state index in [1.807, 2.05) is 0 Å². The van der Waals surface area contributed by atoms with Crippen molar-refractivity contribution >= 4 is 5.97 Å². The Labute approximate surface area is 83.8 Å². The molecule has 0 aliphatic heterocycles. The molecule has 0 aromatic rings.